The molecule has 0 saturated carbocycles. The van der Waals surface area contributed by atoms with E-state index in [-0.39, 0.29) is 0 Å². The molecular weight excluding hydrogens is 132 g/mol. The maximum Gasteiger partial charge on any atom is -0.0287 e. The van der Waals surface area contributed by atoms with Crippen LogP contribution in [-0.2, 0) is 0 Å². The fraction of sp³-hybridized carbons (Fsp3) is 0.455. The van der Waals surface area contributed by atoms with E-state index in [2.05, 4.69) is 58.1 Å². The van der Waals surface area contributed by atoms with E-state index in [0.717, 1.165) is 0 Å². The summed E-state index contributed by atoms with van der Waals surface area (Å²) in [5.74, 6) is 0.645. The zero-order valence-corrected chi connectivity index (χ0v) is 7.96. The fourth-order valence-electron chi connectivity index (χ4n) is 0.599. The van der Waals surface area contributed by atoms with Crippen LogP contribution in [-0.4, -0.2) is 0 Å². The molecule has 0 aliphatic rings. The standard InChI is InChI=1S/C11H18/c1-10(2)8-6-5-7-9-11(3)4/h5-10H,1-4H3/b7-5-,8-6+. The van der Waals surface area contributed by atoms with Crippen LogP contribution in [0.3, 0.4) is 0 Å². The summed E-state index contributed by atoms with van der Waals surface area (Å²) >= 11 is 0. The second-order valence-corrected chi connectivity index (χ2v) is 3.26. The molecule has 0 aromatic rings. The van der Waals surface area contributed by atoms with Crippen LogP contribution >= 0.6 is 0 Å². The first-order chi connectivity index (χ1) is 5.13. The first kappa shape index (κ1) is 10.2. The van der Waals surface area contributed by atoms with Crippen molar-refractivity contribution in [2.24, 2.45) is 5.92 Å². The molecule has 0 nitrogen and oxygen atoms in total. The smallest absolute Gasteiger partial charge is 0.0287 e. The molecule has 0 unspecified atom stereocenters. The molecule has 0 heterocycles. The van der Waals surface area contributed by atoms with Gasteiger partial charge in [0.1, 0.15) is 0 Å². The van der Waals surface area contributed by atoms with Crippen molar-refractivity contribution in [2.45, 2.75) is 27.7 Å². The predicted octanol–water partition coefficient (Wildman–Crippen LogP) is 3.72. The summed E-state index contributed by atoms with van der Waals surface area (Å²) in [6, 6.07) is 0. The fourth-order valence-corrected chi connectivity index (χ4v) is 0.599. The van der Waals surface area contributed by atoms with Gasteiger partial charge in [0.05, 0.1) is 0 Å². The number of hydrogen-bond donors (Lipinski definition) is 0. The summed E-state index contributed by atoms with van der Waals surface area (Å²) in [6.45, 7) is 8.53. The van der Waals surface area contributed by atoms with Gasteiger partial charge in [-0.2, -0.15) is 0 Å². The second kappa shape index (κ2) is 5.96. The van der Waals surface area contributed by atoms with Gasteiger partial charge in [0.2, 0.25) is 0 Å². The van der Waals surface area contributed by atoms with E-state index in [1.54, 1.807) is 0 Å². The Hall–Kier alpha value is -0.780. The largest absolute Gasteiger partial charge is 0.0820 e. The average Bonchev–Trinajstić information content (AvgIpc) is 1.85. The maximum atomic E-state index is 2.18. The summed E-state index contributed by atoms with van der Waals surface area (Å²) in [5.41, 5.74) is 1.33. The lowest BCUT2D eigenvalue weighted by molar-refractivity contribution is 0.832. The second-order valence-electron chi connectivity index (χ2n) is 3.26. The minimum Gasteiger partial charge on any atom is -0.0820 e. The average molecular weight is 150 g/mol. The van der Waals surface area contributed by atoms with Crippen LogP contribution in [0.25, 0.3) is 0 Å². The van der Waals surface area contributed by atoms with E-state index in [4.69, 9.17) is 0 Å². The van der Waals surface area contributed by atoms with Crippen molar-refractivity contribution in [2.75, 3.05) is 0 Å². The molecule has 0 bridgehead atoms. The van der Waals surface area contributed by atoms with Crippen LogP contribution in [0.15, 0.2) is 36.0 Å². The maximum absolute atomic E-state index is 2.18. The number of hydrogen-bond acceptors (Lipinski definition) is 0. The molecule has 0 saturated heterocycles. The molecule has 0 N–H and O–H groups in total. The van der Waals surface area contributed by atoms with Crippen molar-refractivity contribution in [3.63, 3.8) is 0 Å². The Morgan fingerprint density at radius 3 is 2.09 bits per heavy atom. The molecule has 0 atom stereocenters. The van der Waals surface area contributed by atoms with Crippen LogP contribution in [0.5, 0.6) is 0 Å². The molecule has 0 rings (SSSR count). The molecule has 0 spiro atoms. The van der Waals surface area contributed by atoms with E-state index in [9.17, 15) is 0 Å². The van der Waals surface area contributed by atoms with Gasteiger partial charge in [0.25, 0.3) is 0 Å². The van der Waals surface area contributed by atoms with E-state index < -0.39 is 0 Å². The highest BCUT2D eigenvalue weighted by atomic mass is 13.8. The molecule has 0 amide bonds. The molecule has 11 heavy (non-hydrogen) atoms. The van der Waals surface area contributed by atoms with Crippen molar-refractivity contribution in [3.05, 3.63) is 36.0 Å². The Kier molecular flexibility index (Phi) is 5.54. The Bertz CT molecular complexity index is 164. The van der Waals surface area contributed by atoms with Gasteiger partial charge in [0.15, 0.2) is 0 Å². The molecule has 0 heteroatoms. The number of allylic oxidation sites excluding steroid dienone is 6. The van der Waals surface area contributed by atoms with Gasteiger partial charge in [-0.15, -0.1) is 0 Å². The van der Waals surface area contributed by atoms with Crippen molar-refractivity contribution < 1.29 is 0 Å². The third kappa shape index (κ3) is 9.22. The summed E-state index contributed by atoms with van der Waals surface area (Å²) < 4.78 is 0. The van der Waals surface area contributed by atoms with Gasteiger partial charge >= 0.3 is 0 Å². The first-order valence-corrected chi connectivity index (χ1v) is 4.11. The Labute approximate surface area is 70.3 Å². The van der Waals surface area contributed by atoms with Gasteiger partial charge in [-0.3, -0.25) is 0 Å². The normalized spacial score (nSPS) is 11.7. The third-order valence-electron chi connectivity index (χ3n) is 1.15. The Balaban J connectivity index is 3.69. The highest BCUT2D eigenvalue weighted by Crippen LogP contribution is 1.94. The highest BCUT2D eigenvalue weighted by Gasteiger charge is 1.78. The topological polar surface area (TPSA) is 0 Å². The van der Waals surface area contributed by atoms with Gasteiger partial charge in [-0.1, -0.05) is 49.8 Å². The summed E-state index contributed by atoms with van der Waals surface area (Å²) in [4.78, 5) is 0. The summed E-state index contributed by atoms with van der Waals surface area (Å²) in [7, 11) is 0. The lowest BCUT2D eigenvalue weighted by atomic mass is 10.2. The van der Waals surface area contributed by atoms with E-state index in [1.165, 1.54) is 5.57 Å². The van der Waals surface area contributed by atoms with Gasteiger partial charge in [-0.25, -0.2) is 0 Å². The van der Waals surface area contributed by atoms with Crippen molar-refractivity contribution in [1.82, 2.24) is 0 Å². The third-order valence-corrected chi connectivity index (χ3v) is 1.15. The minimum atomic E-state index is 0.645. The van der Waals surface area contributed by atoms with E-state index >= 15 is 0 Å². The SMILES string of the molecule is CC(C)=C/C=C\C=C\C(C)C. The Morgan fingerprint density at radius 2 is 1.64 bits per heavy atom. The minimum absolute atomic E-state index is 0.645. The molecule has 62 valence electrons. The van der Waals surface area contributed by atoms with Gasteiger partial charge in [-0.05, 0) is 19.8 Å². The summed E-state index contributed by atoms with van der Waals surface area (Å²) in [6.07, 6.45) is 10.5. The molecule has 0 aromatic carbocycles. The van der Waals surface area contributed by atoms with Gasteiger partial charge in [0, 0.05) is 0 Å². The van der Waals surface area contributed by atoms with Crippen LogP contribution in [0.4, 0.5) is 0 Å². The molecule has 0 aromatic heterocycles. The zero-order valence-electron chi connectivity index (χ0n) is 7.96. The molecule has 0 aliphatic carbocycles. The highest BCUT2D eigenvalue weighted by molar-refractivity contribution is 5.14. The first-order valence-electron chi connectivity index (χ1n) is 4.11. The molecular formula is C11H18. The summed E-state index contributed by atoms with van der Waals surface area (Å²) in [5, 5.41) is 0. The quantitative estimate of drug-likeness (QED) is 0.538. The van der Waals surface area contributed by atoms with E-state index in [1.807, 2.05) is 0 Å². The molecule has 0 radical (unpaired) electrons. The Morgan fingerprint density at radius 1 is 1.00 bits per heavy atom. The number of rotatable bonds is 3. The monoisotopic (exact) mass is 150 g/mol. The van der Waals surface area contributed by atoms with Crippen LogP contribution < -0.4 is 0 Å². The van der Waals surface area contributed by atoms with Crippen molar-refractivity contribution in [3.8, 4) is 0 Å². The lowest BCUT2D eigenvalue weighted by Gasteiger charge is -1.88. The van der Waals surface area contributed by atoms with Crippen molar-refractivity contribution >= 4 is 0 Å². The van der Waals surface area contributed by atoms with Gasteiger partial charge < -0.3 is 0 Å². The lowest BCUT2D eigenvalue weighted by Crippen LogP contribution is -1.74. The van der Waals surface area contributed by atoms with Crippen LogP contribution in [0.1, 0.15) is 27.7 Å². The van der Waals surface area contributed by atoms with Crippen LogP contribution in [0, 0.1) is 5.92 Å². The molecule has 0 aliphatic heterocycles. The molecule has 0 fully saturated rings. The predicted molar refractivity (Wildman–Crippen MR) is 52.5 cm³/mol. The zero-order chi connectivity index (χ0) is 8.69. The van der Waals surface area contributed by atoms with E-state index in [0.29, 0.717) is 5.92 Å². The van der Waals surface area contributed by atoms with Crippen molar-refractivity contribution in [1.29, 1.82) is 0 Å². The van der Waals surface area contributed by atoms with Crippen LogP contribution in [0.2, 0.25) is 0 Å².